The first-order valence-corrected chi connectivity index (χ1v) is 10.6. The molecule has 0 heterocycles. The molecule has 5 nitrogen and oxygen atoms in total. The molecule has 0 aliphatic rings. The topological polar surface area (TPSA) is 75.3 Å². The summed E-state index contributed by atoms with van der Waals surface area (Å²) in [6.45, 7) is 0. The van der Waals surface area contributed by atoms with Crippen LogP contribution in [0.25, 0.3) is 0 Å². The fourth-order valence-corrected chi connectivity index (χ4v) is 3.99. The third-order valence-corrected chi connectivity index (χ3v) is 5.87. The summed E-state index contributed by atoms with van der Waals surface area (Å²) in [5, 5.41) is 3.20. The van der Waals surface area contributed by atoms with Crippen LogP contribution in [0.5, 0.6) is 0 Å². The fraction of sp³-hybridized carbons (Fsp3) is 0.0952. The summed E-state index contributed by atoms with van der Waals surface area (Å²) in [7, 11) is -4.04. The van der Waals surface area contributed by atoms with Crippen molar-refractivity contribution in [2.24, 2.45) is 0 Å². The van der Waals surface area contributed by atoms with Crippen LogP contribution in [0.2, 0.25) is 5.02 Å². The summed E-state index contributed by atoms with van der Waals surface area (Å²) >= 11 is 5.85. The Labute approximate surface area is 173 Å². The summed E-state index contributed by atoms with van der Waals surface area (Å²) in [5.74, 6) is -1.08. The van der Waals surface area contributed by atoms with Crippen molar-refractivity contribution in [3.63, 3.8) is 0 Å². The van der Waals surface area contributed by atoms with Gasteiger partial charge in [-0.3, -0.25) is 4.79 Å². The minimum atomic E-state index is -4.04. The Bertz CT molecular complexity index is 1070. The maximum atomic E-state index is 13.1. The van der Waals surface area contributed by atoms with E-state index in [0.717, 1.165) is 29.8 Å². The van der Waals surface area contributed by atoms with Crippen LogP contribution in [0.15, 0.2) is 83.8 Å². The highest BCUT2D eigenvalue weighted by Crippen LogP contribution is 2.16. The molecule has 0 spiro atoms. The number of benzene rings is 3. The van der Waals surface area contributed by atoms with Crippen LogP contribution in [0.4, 0.5) is 10.1 Å². The van der Waals surface area contributed by atoms with Gasteiger partial charge in [-0.15, -0.1) is 0 Å². The van der Waals surface area contributed by atoms with Gasteiger partial charge in [0.25, 0.3) is 0 Å². The van der Waals surface area contributed by atoms with E-state index in [1.54, 1.807) is 48.5 Å². The molecule has 29 heavy (non-hydrogen) atoms. The molecule has 0 bridgehead atoms. The van der Waals surface area contributed by atoms with Crippen LogP contribution in [-0.4, -0.2) is 20.4 Å². The number of halogens is 2. The number of sulfonamides is 1. The molecule has 3 aromatic carbocycles. The van der Waals surface area contributed by atoms with Gasteiger partial charge in [0.15, 0.2) is 0 Å². The van der Waals surface area contributed by atoms with E-state index in [-0.39, 0.29) is 11.3 Å². The lowest BCUT2D eigenvalue weighted by Gasteiger charge is -2.19. The molecule has 0 aromatic heterocycles. The van der Waals surface area contributed by atoms with Crippen molar-refractivity contribution in [3.05, 3.63) is 95.3 Å². The van der Waals surface area contributed by atoms with Gasteiger partial charge in [0, 0.05) is 10.7 Å². The summed E-state index contributed by atoms with van der Waals surface area (Å²) < 4.78 is 41.0. The van der Waals surface area contributed by atoms with E-state index in [0.29, 0.717) is 10.7 Å². The molecule has 0 aliphatic heterocycles. The highest BCUT2D eigenvalue weighted by atomic mass is 35.5. The minimum absolute atomic E-state index is 0.128. The molecule has 8 heteroatoms. The van der Waals surface area contributed by atoms with Crippen molar-refractivity contribution in [3.8, 4) is 0 Å². The molecule has 1 amide bonds. The van der Waals surface area contributed by atoms with Crippen LogP contribution in [0.3, 0.4) is 0 Å². The first kappa shape index (κ1) is 21.0. The standard InChI is InChI=1S/C21H18ClFN2O3S/c22-16-6-10-18(11-7-16)24-21(26)20(14-15-4-2-1-3-5-15)25-29(27,28)19-12-8-17(23)9-13-19/h1-13,20,25H,14H2,(H,24,26). The van der Waals surface area contributed by atoms with E-state index in [1.165, 1.54) is 0 Å². The average Bonchev–Trinajstić information content (AvgIpc) is 2.70. The number of nitrogens with one attached hydrogen (secondary N) is 2. The third kappa shape index (κ3) is 5.87. The molecule has 0 saturated carbocycles. The molecule has 150 valence electrons. The highest BCUT2D eigenvalue weighted by molar-refractivity contribution is 7.89. The van der Waals surface area contributed by atoms with Crippen LogP contribution in [-0.2, 0) is 21.2 Å². The van der Waals surface area contributed by atoms with E-state index in [9.17, 15) is 17.6 Å². The molecule has 0 aliphatic carbocycles. The highest BCUT2D eigenvalue weighted by Gasteiger charge is 2.26. The van der Waals surface area contributed by atoms with Crippen molar-refractivity contribution in [2.45, 2.75) is 17.4 Å². The number of carbonyl (C=O) groups is 1. The number of hydrogen-bond acceptors (Lipinski definition) is 3. The van der Waals surface area contributed by atoms with Crippen LogP contribution in [0.1, 0.15) is 5.56 Å². The Morgan fingerprint density at radius 2 is 1.55 bits per heavy atom. The number of amides is 1. The van der Waals surface area contributed by atoms with Crippen LogP contribution < -0.4 is 10.0 Å². The van der Waals surface area contributed by atoms with Crippen LogP contribution in [0, 0.1) is 5.82 Å². The number of hydrogen-bond donors (Lipinski definition) is 2. The van der Waals surface area contributed by atoms with Gasteiger partial charge < -0.3 is 5.32 Å². The van der Waals surface area contributed by atoms with Gasteiger partial charge in [-0.25, -0.2) is 12.8 Å². The quantitative estimate of drug-likeness (QED) is 0.592. The minimum Gasteiger partial charge on any atom is -0.325 e. The van der Waals surface area contributed by atoms with Crippen LogP contribution >= 0.6 is 11.6 Å². The smallest absolute Gasteiger partial charge is 0.242 e. The molecule has 3 aromatic rings. The van der Waals surface area contributed by atoms with Gasteiger partial charge in [0.05, 0.1) is 4.90 Å². The molecule has 1 atom stereocenters. The van der Waals surface area contributed by atoms with Crippen molar-refractivity contribution < 1.29 is 17.6 Å². The Hall–Kier alpha value is -2.74. The van der Waals surface area contributed by atoms with E-state index in [2.05, 4.69) is 10.0 Å². The normalized spacial score (nSPS) is 12.3. The Kier molecular flexibility index (Phi) is 6.64. The number of anilines is 1. The van der Waals surface area contributed by atoms with Crippen molar-refractivity contribution in [1.29, 1.82) is 0 Å². The summed E-state index contributed by atoms with van der Waals surface area (Å²) in [6.07, 6.45) is 0.140. The maximum absolute atomic E-state index is 13.1. The SMILES string of the molecule is O=C(Nc1ccc(Cl)cc1)C(Cc1ccccc1)NS(=O)(=O)c1ccc(F)cc1. The predicted molar refractivity (Wildman–Crippen MR) is 111 cm³/mol. The summed E-state index contributed by atoms with van der Waals surface area (Å²) in [6, 6.07) is 18.8. The van der Waals surface area contributed by atoms with Gasteiger partial charge in [-0.2, -0.15) is 4.72 Å². The molecule has 1 unspecified atom stereocenters. The molecule has 0 radical (unpaired) electrons. The second-order valence-corrected chi connectivity index (χ2v) is 8.46. The van der Waals surface area contributed by atoms with Gasteiger partial charge in [0.2, 0.25) is 15.9 Å². The second kappa shape index (κ2) is 9.17. The number of carbonyl (C=O) groups excluding carboxylic acids is 1. The lowest BCUT2D eigenvalue weighted by Crippen LogP contribution is -2.45. The van der Waals surface area contributed by atoms with E-state index in [1.807, 2.05) is 6.07 Å². The summed E-state index contributed by atoms with van der Waals surface area (Å²) in [5.41, 5.74) is 1.27. The molecular formula is C21H18ClFN2O3S. The van der Waals surface area contributed by atoms with Crippen molar-refractivity contribution in [2.75, 3.05) is 5.32 Å². The lowest BCUT2D eigenvalue weighted by molar-refractivity contribution is -0.117. The molecule has 0 fully saturated rings. The Morgan fingerprint density at radius 3 is 2.17 bits per heavy atom. The first-order chi connectivity index (χ1) is 13.8. The molecule has 0 saturated heterocycles. The second-order valence-electron chi connectivity index (χ2n) is 6.31. The van der Waals surface area contributed by atoms with E-state index in [4.69, 9.17) is 11.6 Å². The van der Waals surface area contributed by atoms with Crippen molar-refractivity contribution >= 4 is 33.2 Å². The van der Waals surface area contributed by atoms with Gasteiger partial charge >= 0.3 is 0 Å². The lowest BCUT2D eigenvalue weighted by atomic mass is 10.1. The molecule has 2 N–H and O–H groups in total. The summed E-state index contributed by atoms with van der Waals surface area (Å²) in [4.78, 5) is 12.7. The largest absolute Gasteiger partial charge is 0.325 e. The Balaban J connectivity index is 1.84. The van der Waals surface area contributed by atoms with Gasteiger partial charge in [-0.05, 0) is 60.5 Å². The van der Waals surface area contributed by atoms with Gasteiger partial charge in [0.1, 0.15) is 11.9 Å². The third-order valence-electron chi connectivity index (χ3n) is 4.13. The Morgan fingerprint density at radius 1 is 0.931 bits per heavy atom. The average molecular weight is 433 g/mol. The number of rotatable bonds is 7. The van der Waals surface area contributed by atoms with E-state index >= 15 is 0 Å². The van der Waals surface area contributed by atoms with Crippen molar-refractivity contribution in [1.82, 2.24) is 4.72 Å². The van der Waals surface area contributed by atoms with E-state index < -0.39 is 27.8 Å². The monoisotopic (exact) mass is 432 g/mol. The molecule has 3 rings (SSSR count). The fourth-order valence-electron chi connectivity index (χ4n) is 2.67. The zero-order chi connectivity index (χ0) is 20.9. The zero-order valence-corrected chi connectivity index (χ0v) is 16.8. The zero-order valence-electron chi connectivity index (χ0n) is 15.2. The predicted octanol–water partition coefficient (Wildman–Crippen LogP) is 4.01. The molecular weight excluding hydrogens is 415 g/mol. The van der Waals surface area contributed by atoms with Gasteiger partial charge in [-0.1, -0.05) is 41.9 Å². The maximum Gasteiger partial charge on any atom is 0.242 e. The first-order valence-electron chi connectivity index (χ1n) is 8.72.